The molecular formula is C22H19F6N2O3PS. The summed E-state index contributed by atoms with van der Waals surface area (Å²) in [6.07, 6.45) is -12.0. The Morgan fingerprint density at radius 3 is 2.06 bits per heavy atom. The molecule has 3 aromatic rings. The molecule has 13 heteroatoms. The van der Waals surface area contributed by atoms with E-state index in [0.29, 0.717) is 25.5 Å². The maximum absolute atomic E-state index is 13.8. The highest BCUT2D eigenvalue weighted by molar-refractivity contribution is 7.57. The summed E-state index contributed by atoms with van der Waals surface area (Å²) in [5.41, 5.74) is 0.636. The molecule has 2 aromatic carbocycles. The number of anilines is 2. The molecule has 5 nitrogen and oxygen atoms in total. The number of hydrogen-bond acceptors (Lipinski definition) is 5. The normalized spacial score (nSPS) is 13.0. The molecule has 188 valence electrons. The first-order chi connectivity index (χ1) is 16.0. The van der Waals surface area contributed by atoms with Gasteiger partial charge in [0.15, 0.2) is 7.37 Å². The number of carbonyl (C=O) groups excluding carboxylic acids is 1. The van der Waals surface area contributed by atoms with Gasteiger partial charge in [0.2, 0.25) is 0 Å². The van der Waals surface area contributed by atoms with Gasteiger partial charge in [-0.3, -0.25) is 13.9 Å². The van der Waals surface area contributed by atoms with E-state index in [1.54, 1.807) is 18.2 Å². The average molecular weight is 536 g/mol. The number of benzene rings is 2. The van der Waals surface area contributed by atoms with Gasteiger partial charge in [0.05, 0.1) is 11.4 Å². The molecule has 0 aliphatic rings. The number of amides is 1. The van der Waals surface area contributed by atoms with Crippen LogP contribution in [-0.2, 0) is 14.7 Å². The van der Waals surface area contributed by atoms with Gasteiger partial charge in [-0.1, -0.05) is 24.3 Å². The maximum Gasteiger partial charge on any atom is 0.431 e. The zero-order chi connectivity index (χ0) is 26.2. The van der Waals surface area contributed by atoms with Crippen molar-refractivity contribution < 1.29 is 40.2 Å². The lowest BCUT2D eigenvalue weighted by atomic mass is 9.91. The lowest BCUT2D eigenvalue weighted by molar-refractivity contribution is -0.365. The molecule has 0 radical (unpaired) electrons. The number of rotatable bonds is 6. The van der Waals surface area contributed by atoms with Crippen LogP contribution in [0.25, 0.3) is 10.4 Å². The van der Waals surface area contributed by atoms with Crippen molar-refractivity contribution in [1.29, 1.82) is 0 Å². The Hall–Kier alpha value is -2.82. The van der Waals surface area contributed by atoms with Gasteiger partial charge < -0.3 is 11.1 Å². The Morgan fingerprint density at radius 1 is 0.971 bits per heavy atom. The van der Waals surface area contributed by atoms with Crippen molar-refractivity contribution in [3.8, 4) is 10.4 Å². The molecule has 1 amide bonds. The lowest BCUT2D eigenvalue weighted by Gasteiger charge is -2.38. The summed E-state index contributed by atoms with van der Waals surface area (Å²) in [6.45, 7) is 1.30. The van der Waals surface area contributed by atoms with E-state index in [1.807, 2.05) is 17.5 Å². The largest absolute Gasteiger partial charge is 0.431 e. The summed E-state index contributed by atoms with van der Waals surface area (Å²) in [5, 5.41) is 4.36. The fourth-order valence-electron chi connectivity index (χ4n) is 3.29. The second kappa shape index (κ2) is 9.33. The molecule has 0 aliphatic carbocycles. The van der Waals surface area contributed by atoms with Crippen LogP contribution < -0.4 is 11.1 Å². The van der Waals surface area contributed by atoms with Gasteiger partial charge in [-0.2, -0.15) is 26.3 Å². The third-order valence-corrected chi connectivity index (χ3v) is 6.45. The fourth-order valence-corrected chi connectivity index (χ4v) is 4.98. The highest BCUT2D eigenvalue weighted by Gasteiger charge is 2.74. The summed E-state index contributed by atoms with van der Waals surface area (Å²) in [4.78, 5) is 13.6. The van der Waals surface area contributed by atoms with Crippen LogP contribution in [0.3, 0.4) is 0 Å². The molecule has 0 fully saturated rings. The molecule has 0 atom stereocenters. The summed E-state index contributed by atoms with van der Waals surface area (Å²) < 4.78 is 98.8. The van der Waals surface area contributed by atoms with Crippen molar-refractivity contribution in [1.82, 2.24) is 0 Å². The molecule has 0 saturated carbocycles. The summed E-state index contributed by atoms with van der Waals surface area (Å²) in [5.74, 6) is -0.811. The Kier molecular flexibility index (Phi) is 7.14. The van der Waals surface area contributed by atoms with Crippen molar-refractivity contribution in [2.75, 3.05) is 24.4 Å². The number of hydrogen-bond donors (Lipinski definition) is 2. The van der Waals surface area contributed by atoms with Crippen molar-refractivity contribution in [2.45, 2.75) is 18.0 Å². The zero-order valence-electron chi connectivity index (χ0n) is 18.2. The Bertz CT molecular complexity index is 1240. The first kappa shape index (κ1) is 26.8. The van der Waals surface area contributed by atoms with Crippen molar-refractivity contribution in [2.24, 2.45) is 0 Å². The molecule has 35 heavy (non-hydrogen) atoms. The van der Waals surface area contributed by atoms with Gasteiger partial charge in [0.1, 0.15) is 0 Å². The molecule has 0 bridgehead atoms. The van der Waals surface area contributed by atoms with Crippen molar-refractivity contribution in [3.05, 3.63) is 71.1 Å². The maximum atomic E-state index is 13.8. The average Bonchev–Trinajstić information content (AvgIpc) is 3.26. The standard InChI is InChI=1S/C22H19F6N2O3PS/c1-34(2,32)33-20(21(23,24)25,22(26,27)28)15-8-5-13(6-9-15)19(31)30-17-12-14(7-10-16(17)29)18-4-3-11-35-18/h3-12H,29H2,1-2H3,(H,30,31). The summed E-state index contributed by atoms with van der Waals surface area (Å²) >= 11 is 1.45. The predicted molar refractivity (Wildman–Crippen MR) is 123 cm³/mol. The van der Waals surface area contributed by atoms with Gasteiger partial charge in [0.25, 0.3) is 11.5 Å². The van der Waals surface area contributed by atoms with E-state index in [4.69, 9.17) is 5.73 Å². The topological polar surface area (TPSA) is 81.4 Å². The van der Waals surface area contributed by atoms with Crippen LogP contribution in [0, 0.1) is 0 Å². The molecular weight excluding hydrogens is 517 g/mol. The number of thiophene rings is 1. The van der Waals surface area contributed by atoms with Crippen LogP contribution >= 0.6 is 18.7 Å². The SMILES string of the molecule is CP(C)(=O)OC(c1ccc(C(=O)Nc2cc(-c3cccs3)ccc2N)cc1)(C(F)(F)F)C(F)(F)F. The minimum atomic E-state index is -5.99. The number of carbonyl (C=O) groups is 1. The molecule has 1 heterocycles. The Labute approximate surface area is 200 Å². The van der Waals surface area contributed by atoms with Gasteiger partial charge in [-0.05, 0) is 41.3 Å². The van der Waals surface area contributed by atoms with E-state index in [9.17, 15) is 35.7 Å². The first-order valence-corrected chi connectivity index (χ1v) is 13.2. The summed E-state index contributed by atoms with van der Waals surface area (Å²) in [6, 6.07) is 11.1. The number of alkyl halides is 6. The van der Waals surface area contributed by atoms with Crippen LogP contribution in [0.1, 0.15) is 15.9 Å². The molecule has 1 aromatic heterocycles. The van der Waals surface area contributed by atoms with Crippen molar-refractivity contribution in [3.63, 3.8) is 0 Å². The number of nitrogen functional groups attached to an aromatic ring is 1. The van der Waals surface area contributed by atoms with Gasteiger partial charge in [0, 0.05) is 29.3 Å². The highest BCUT2D eigenvalue weighted by Crippen LogP contribution is 2.60. The molecule has 0 spiro atoms. The van der Waals surface area contributed by atoms with Crippen LogP contribution in [-0.4, -0.2) is 31.6 Å². The van der Waals surface area contributed by atoms with Crippen LogP contribution in [0.5, 0.6) is 0 Å². The monoisotopic (exact) mass is 536 g/mol. The van der Waals surface area contributed by atoms with E-state index in [-0.39, 0.29) is 16.9 Å². The minimum Gasteiger partial charge on any atom is -0.397 e. The molecule has 0 aliphatic heterocycles. The van der Waals surface area contributed by atoms with Crippen LogP contribution in [0.4, 0.5) is 37.7 Å². The van der Waals surface area contributed by atoms with Gasteiger partial charge in [-0.15, -0.1) is 11.3 Å². The second-order valence-corrected chi connectivity index (χ2v) is 11.5. The zero-order valence-corrected chi connectivity index (χ0v) is 19.9. The van der Waals surface area contributed by atoms with E-state index < -0.39 is 36.8 Å². The fraction of sp³-hybridized carbons (Fsp3) is 0.227. The van der Waals surface area contributed by atoms with Crippen molar-refractivity contribution >= 4 is 36.0 Å². The molecule has 3 N–H and O–H groups in total. The molecule has 0 saturated heterocycles. The van der Waals surface area contributed by atoms with E-state index in [2.05, 4.69) is 9.84 Å². The van der Waals surface area contributed by atoms with Crippen LogP contribution in [0.2, 0.25) is 0 Å². The molecule has 0 unspecified atom stereocenters. The third kappa shape index (κ3) is 5.55. The quantitative estimate of drug-likeness (QED) is 0.200. The lowest BCUT2D eigenvalue weighted by Crippen LogP contribution is -2.55. The van der Waals surface area contributed by atoms with E-state index in [1.165, 1.54) is 11.3 Å². The Morgan fingerprint density at radius 2 is 1.57 bits per heavy atom. The first-order valence-electron chi connectivity index (χ1n) is 9.79. The van der Waals surface area contributed by atoms with E-state index in [0.717, 1.165) is 22.6 Å². The molecule has 3 rings (SSSR count). The number of nitrogens with one attached hydrogen (secondary N) is 1. The minimum absolute atomic E-state index is 0.207. The number of halogens is 6. The highest BCUT2D eigenvalue weighted by atomic mass is 32.1. The van der Waals surface area contributed by atoms with E-state index >= 15 is 0 Å². The number of nitrogens with two attached hydrogens (primary N) is 1. The van der Waals surface area contributed by atoms with Gasteiger partial charge in [-0.25, -0.2) is 0 Å². The predicted octanol–water partition coefficient (Wildman–Crippen LogP) is 7.12. The Balaban J connectivity index is 1.96. The van der Waals surface area contributed by atoms with Crippen LogP contribution in [0.15, 0.2) is 60.0 Å². The summed E-state index contributed by atoms with van der Waals surface area (Å²) in [7, 11) is -4.29. The van der Waals surface area contributed by atoms with Gasteiger partial charge >= 0.3 is 12.4 Å². The smallest absolute Gasteiger partial charge is 0.397 e. The second-order valence-electron chi connectivity index (χ2n) is 7.83. The third-order valence-electron chi connectivity index (χ3n) is 4.82.